The van der Waals surface area contributed by atoms with Gasteiger partial charge in [0.2, 0.25) is 22.1 Å². The van der Waals surface area contributed by atoms with Crippen molar-refractivity contribution < 1.29 is 37.6 Å². The number of carboxylic acid groups (broad SMARTS) is 1. The fourth-order valence-corrected chi connectivity index (χ4v) is 5.20. The van der Waals surface area contributed by atoms with Crippen molar-refractivity contribution in [2.75, 3.05) is 33.4 Å². The summed E-state index contributed by atoms with van der Waals surface area (Å²) in [5.74, 6) is -0.206. The Labute approximate surface area is 182 Å². The average molecular weight is 456 g/mol. The molecular formula is C21H29NO8S. The maximum absolute atomic E-state index is 12.9. The lowest BCUT2D eigenvalue weighted by Gasteiger charge is -2.37. The van der Waals surface area contributed by atoms with Crippen LogP contribution in [0.4, 0.5) is 0 Å². The number of ether oxygens (including phenoxy) is 3. The number of aliphatic hydroxyl groups is 1. The van der Waals surface area contributed by atoms with Gasteiger partial charge in [-0.1, -0.05) is 6.42 Å². The molecule has 10 heteroatoms. The van der Waals surface area contributed by atoms with Crippen LogP contribution >= 0.6 is 0 Å². The second-order valence-electron chi connectivity index (χ2n) is 7.65. The van der Waals surface area contributed by atoms with Crippen LogP contribution in [0.25, 0.3) is 0 Å². The van der Waals surface area contributed by atoms with E-state index in [1.165, 1.54) is 19.2 Å². The van der Waals surface area contributed by atoms with Crippen molar-refractivity contribution in [3.05, 3.63) is 36.1 Å². The van der Waals surface area contributed by atoms with Gasteiger partial charge < -0.3 is 24.4 Å². The third-order valence-corrected chi connectivity index (χ3v) is 7.66. The molecule has 9 nitrogen and oxygen atoms in total. The summed E-state index contributed by atoms with van der Waals surface area (Å²) in [6.45, 7) is -0.432. The van der Waals surface area contributed by atoms with Crippen LogP contribution in [-0.2, 0) is 24.3 Å². The van der Waals surface area contributed by atoms with Crippen molar-refractivity contribution in [1.29, 1.82) is 0 Å². The molecule has 0 amide bonds. The van der Waals surface area contributed by atoms with Gasteiger partial charge in [0.05, 0.1) is 25.2 Å². The molecule has 2 aliphatic rings. The van der Waals surface area contributed by atoms with Crippen molar-refractivity contribution in [3.63, 3.8) is 0 Å². The minimum Gasteiger partial charge on any atom is -0.497 e. The summed E-state index contributed by atoms with van der Waals surface area (Å²) in [7, 11) is -2.35. The fraction of sp³-hybridized carbons (Fsp3) is 0.571. The molecule has 31 heavy (non-hydrogen) atoms. The van der Waals surface area contributed by atoms with Crippen LogP contribution in [0.5, 0.6) is 5.75 Å². The second-order valence-corrected chi connectivity index (χ2v) is 9.59. The molecule has 0 spiro atoms. The van der Waals surface area contributed by atoms with E-state index < -0.39 is 22.3 Å². The van der Waals surface area contributed by atoms with Crippen LogP contribution in [0.3, 0.4) is 0 Å². The number of carboxylic acids is 1. The smallest absolute Gasteiger partial charge is 0.370 e. The van der Waals surface area contributed by atoms with Crippen LogP contribution < -0.4 is 4.74 Å². The Bertz CT molecular complexity index is 879. The largest absolute Gasteiger partial charge is 0.497 e. The highest BCUT2D eigenvalue weighted by molar-refractivity contribution is 7.89. The number of hydrogen-bond acceptors (Lipinski definition) is 7. The number of aliphatic carboxylic acids is 1. The summed E-state index contributed by atoms with van der Waals surface area (Å²) in [6.07, 6.45) is 4.71. The Balaban J connectivity index is 1.62. The van der Waals surface area contributed by atoms with Crippen LogP contribution in [0.15, 0.2) is 41.0 Å². The summed E-state index contributed by atoms with van der Waals surface area (Å²) in [4.78, 5) is 11.5. The van der Waals surface area contributed by atoms with Crippen molar-refractivity contribution in [2.24, 2.45) is 11.8 Å². The van der Waals surface area contributed by atoms with E-state index in [1.54, 1.807) is 18.2 Å². The monoisotopic (exact) mass is 455 g/mol. The highest BCUT2D eigenvalue weighted by Gasteiger charge is 2.35. The van der Waals surface area contributed by atoms with Crippen molar-refractivity contribution in [1.82, 2.24) is 4.31 Å². The average Bonchev–Trinajstić information content (AvgIpc) is 2.71. The fourth-order valence-electron chi connectivity index (χ4n) is 3.78. The van der Waals surface area contributed by atoms with Gasteiger partial charge in [-0.15, -0.1) is 0 Å². The minimum absolute atomic E-state index is 0.00430. The number of rotatable bonds is 11. The van der Waals surface area contributed by atoms with Crippen LogP contribution in [-0.4, -0.2) is 68.6 Å². The first-order chi connectivity index (χ1) is 14.8. The van der Waals surface area contributed by atoms with Gasteiger partial charge in [0.1, 0.15) is 5.75 Å². The van der Waals surface area contributed by atoms with E-state index in [9.17, 15) is 23.4 Å². The Hall–Kier alpha value is -2.14. The zero-order chi connectivity index (χ0) is 22.4. The highest BCUT2D eigenvalue weighted by Crippen LogP contribution is 2.39. The number of nitrogens with zero attached hydrogens (tertiary/aromatic N) is 1. The summed E-state index contributed by atoms with van der Waals surface area (Å²) >= 11 is 0. The summed E-state index contributed by atoms with van der Waals surface area (Å²) in [5, 5.41) is 18.7. The van der Waals surface area contributed by atoms with Crippen LogP contribution in [0, 0.1) is 11.8 Å². The molecule has 2 atom stereocenters. The lowest BCUT2D eigenvalue weighted by atomic mass is 9.73. The van der Waals surface area contributed by atoms with Gasteiger partial charge in [-0.3, -0.25) is 0 Å². The number of carbonyl (C=O) groups is 1. The van der Waals surface area contributed by atoms with Gasteiger partial charge in [0.15, 0.2) is 0 Å². The van der Waals surface area contributed by atoms with Gasteiger partial charge in [0, 0.05) is 19.5 Å². The van der Waals surface area contributed by atoms with Gasteiger partial charge in [-0.2, -0.15) is 4.31 Å². The number of benzene rings is 1. The number of allylic oxidation sites excluding steroid dienone is 1. The highest BCUT2D eigenvalue weighted by atomic mass is 32.2. The van der Waals surface area contributed by atoms with Gasteiger partial charge in [-0.25, -0.2) is 13.2 Å². The summed E-state index contributed by atoms with van der Waals surface area (Å²) < 4.78 is 43.2. The molecule has 2 N–H and O–H groups in total. The predicted octanol–water partition coefficient (Wildman–Crippen LogP) is 1.83. The summed E-state index contributed by atoms with van der Waals surface area (Å²) in [5.41, 5.74) is 0. The molecule has 1 aromatic rings. The third kappa shape index (κ3) is 5.76. The first-order valence-electron chi connectivity index (χ1n) is 10.3. The molecule has 0 aromatic heterocycles. The predicted molar refractivity (Wildman–Crippen MR) is 111 cm³/mol. The molecule has 1 fully saturated rings. The molecule has 0 saturated heterocycles. The quantitative estimate of drug-likeness (QED) is 0.518. The minimum atomic E-state index is -3.84. The number of methoxy groups -OCH3 is 1. The number of hydrogen-bond donors (Lipinski definition) is 2. The zero-order valence-corrected chi connectivity index (χ0v) is 18.3. The van der Waals surface area contributed by atoms with E-state index in [4.69, 9.17) is 14.2 Å². The SMILES string of the molecule is COc1ccc(S(=O)(=O)N(CCO)CCO[C@@H]2C[C@H](C3CCC3)C=C(C(=O)O)O2)cc1. The molecule has 0 bridgehead atoms. The first-order valence-corrected chi connectivity index (χ1v) is 11.8. The molecule has 0 unspecified atom stereocenters. The molecule has 1 aliphatic heterocycles. The van der Waals surface area contributed by atoms with E-state index in [2.05, 4.69) is 0 Å². The lowest BCUT2D eigenvalue weighted by molar-refractivity contribution is -0.161. The van der Waals surface area contributed by atoms with Crippen molar-refractivity contribution in [2.45, 2.75) is 36.9 Å². The van der Waals surface area contributed by atoms with Crippen molar-refractivity contribution >= 4 is 16.0 Å². The van der Waals surface area contributed by atoms with E-state index in [0.717, 1.165) is 23.6 Å². The normalized spacial score (nSPS) is 21.8. The maximum atomic E-state index is 12.9. The van der Waals surface area contributed by atoms with Crippen molar-refractivity contribution in [3.8, 4) is 5.75 Å². The Morgan fingerprint density at radius 2 is 1.94 bits per heavy atom. The molecule has 1 heterocycles. The summed E-state index contributed by atoms with van der Waals surface area (Å²) in [6, 6.07) is 5.99. The Morgan fingerprint density at radius 1 is 1.23 bits per heavy atom. The Morgan fingerprint density at radius 3 is 2.48 bits per heavy atom. The molecular weight excluding hydrogens is 426 g/mol. The van der Waals surface area contributed by atoms with Gasteiger partial charge >= 0.3 is 5.97 Å². The maximum Gasteiger partial charge on any atom is 0.370 e. The lowest BCUT2D eigenvalue weighted by Crippen LogP contribution is -2.38. The van der Waals surface area contributed by atoms with E-state index >= 15 is 0 Å². The zero-order valence-electron chi connectivity index (χ0n) is 17.5. The molecule has 3 rings (SSSR count). The van der Waals surface area contributed by atoms with E-state index in [-0.39, 0.29) is 42.9 Å². The van der Waals surface area contributed by atoms with Crippen LogP contribution in [0.1, 0.15) is 25.7 Å². The molecule has 0 radical (unpaired) electrons. The van der Waals surface area contributed by atoms with E-state index in [0.29, 0.717) is 18.1 Å². The molecule has 1 aliphatic carbocycles. The second kappa shape index (κ2) is 10.4. The number of aliphatic hydroxyl groups excluding tert-OH is 1. The third-order valence-electron chi connectivity index (χ3n) is 5.75. The molecule has 172 valence electrons. The Kier molecular flexibility index (Phi) is 7.93. The van der Waals surface area contributed by atoms with Crippen LogP contribution in [0.2, 0.25) is 0 Å². The standard InChI is InChI=1S/C21H29NO8S/c1-28-17-5-7-18(8-6-17)31(26,27)22(9-11-23)10-12-29-20-14-16(15-3-2-4-15)13-19(30-20)21(24)25/h5-8,13,15-16,20,23H,2-4,9-12,14H2,1H3,(H,24,25)/t16-,20+/m1/s1. The molecule has 1 aromatic carbocycles. The van der Waals surface area contributed by atoms with E-state index in [1.807, 2.05) is 0 Å². The molecule has 1 saturated carbocycles. The van der Waals surface area contributed by atoms with Gasteiger partial charge in [-0.05, 0) is 55.0 Å². The van der Waals surface area contributed by atoms with Gasteiger partial charge in [0.25, 0.3) is 0 Å². The number of sulfonamides is 1. The first kappa shape index (κ1) is 23.5. The topological polar surface area (TPSA) is 123 Å².